The number of rotatable bonds is 6. The van der Waals surface area contributed by atoms with Gasteiger partial charge in [0.2, 0.25) is 0 Å². The first-order valence-corrected chi connectivity index (χ1v) is 21.2. The number of anilines is 1. The second-order valence-electron chi connectivity index (χ2n) is 17.5. The topological polar surface area (TPSA) is 220 Å². The van der Waals surface area contributed by atoms with E-state index < -0.39 is 88.8 Å². The summed E-state index contributed by atoms with van der Waals surface area (Å²) in [5, 5.41) is 67.3. The van der Waals surface area contributed by atoms with Crippen LogP contribution in [0.4, 0.5) is 5.69 Å². The van der Waals surface area contributed by atoms with Gasteiger partial charge in [-0.15, -0.1) is 0 Å². The molecule has 0 aromatic heterocycles. The van der Waals surface area contributed by atoms with E-state index in [0.29, 0.717) is 19.0 Å². The minimum atomic E-state index is -2.05. The summed E-state index contributed by atoms with van der Waals surface area (Å²) in [5.74, 6) is -7.85. The second-order valence-corrected chi connectivity index (χ2v) is 17.5. The zero-order chi connectivity index (χ0) is 46.0. The monoisotopic (exact) mass is 864 g/mol. The first-order chi connectivity index (χ1) is 29.1. The fourth-order valence-corrected chi connectivity index (χ4v) is 8.56. The second kappa shape index (κ2) is 19.5. The Labute approximate surface area is 363 Å². The minimum absolute atomic E-state index is 0.0576. The van der Waals surface area contributed by atoms with Crippen molar-refractivity contribution in [3.8, 4) is 23.0 Å². The van der Waals surface area contributed by atoms with E-state index in [-0.39, 0.29) is 44.5 Å². The number of hydrogen-bond acceptors (Lipinski definition) is 15. The highest BCUT2D eigenvalue weighted by molar-refractivity contribution is 6.23. The molecule has 0 unspecified atom stereocenters. The lowest BCUT2D eigenvalue weighted by Gasteiger charge is -2.38. The maximum Gasteiger partial charge on any atom is 0.312 e. The molecule has 4 aliphatic rings. The largest absolute Gasteiger partial charge is 0.507 e. The number of carbonyl (C=O) groups excluding carboxylic acids is 3. The van der Waals surface area contributed by atoms with Gasteiger partial charge in [0.15, 0.2) is 5.75 Å². The lowest BCUT2D eigenvalue weighted by atomic mass is 9.78. The average Bonchev–Trinajstić information content (AvgIpc) is 3.49. The molecule has 16 heteroatoms. The first kappa shape index (κ1) is 47.9. The third kappa shape index (κ3) is 9.73. The number of aliphatic hydroxyl groups excluding tert-OH is 2. The molecule has 1 amide bonds. The van der Waals surface area contributed by atoms with Crippen LogP contribution in [0.1, 0.15) is 83.8 Å². The Hall–Kier alpha value is -5.16. The number of hydrogen-bond donors (Lipinski definition) is 6. The van der Waals surface area contributed by atoms with Gasteiger partial charge in [0.25, 0.3) is 11.7 Å². The number of esters is 1. The number of carbonyl (C=O) groups is 3. The number of allylic oxidation sites excluding steroid dienone is 2. The summed E-state index contributed by atoms with van der Waals surface area (Å²) in [7, 11) is 1.44. The number of methoxy groups -OCH3 is 1. The van der Waals surface area contributed by atoms with Crippen molar-refractivity contribution in [2.24, 2.45) is 34.7 Å². The van der Waals surface area contributed by atoms with Gasteiger partial charge in [0, 0.05) is 93.9 Å². The van der Waals surface area contributed by atoms with Gasteiger partial charge in [-0.25, -0.2) is 0 Å². The van der Waals surface area contributed by atoms with Gasteiger partial charge in [-0.3, -0.25) is 24.3 Å². The molecule has 340 valence electrons. The number of hydrazone groups is 1. The van der Waals surface area contributed by atoms with Crippen molar-refractivity contribution in [1.29, 1.82) is 0 Å². The maximum absolute atomic E-state index is 14.5. The number of nitrogens with one attached hydrogen (secondary N) is 1. The van der Waals surface area contributed by atoms with Crippen LogP contribution in [-0.4, -0.2) is 129 Å². The molecule has 6 rings (SSSR count). The smallest absolute Gasteiger partial charge is 0.312 e. The van der Waals surface area contributed by atoms with Crippen molar-refractivity contribution in [2.45, 2.75) is 99.4 Å². The van der Waals surface area contributed by atoms with Crippen LogP contribution < -0.4 is 10.1 Å². The van der Waals surface area contributed by atoms with Crippen LogP contribution in [0.25, 0.3) is 10.8 Å². The molecule has 9 atom stereocenters. The maximum atomic E-state index is 14.5. The Morgan fingerprint density at radius 1 is 0.968 bits per heavy atom. The quantitative estimate of drug-likeness (QED) is 0.0933. The highest BCUT2D eigenvalue weighted by Gasteiger charge is 2.50. The summed E-state index contributed by atoms with van der Waals surface area (Å²) in [6.45, 7) is 20.4. The van der Waals surface area contributed by atoms with Gasteiger partial charge >= 0.3 is 11.8 Å². The fourth-order valence-electron chi connectivity index (χ4n) is 8.56. The number of Topliss-reactive ketones (excluding diaryl/α,β-unsaturated/α-hetero) is 1. The van der Waals surface area contributed by atoms with Crippen LogP contribution in [0.3, 0.4) is 0 Å². The molecule has 2 aromatic rings. The average molecular weight is 865 g/mol. The molecule has 4 aliphatic heterocycles. The summed E-state index contributed by atoms with van der Waals surface area (Å²) in [6.07, 6.45) is 4.90. The van der Waals surface area contributed by atoms with Gasteiger partial charge in [-0.2, -0.15) is 5.10 Å². The molecule has 1 saturated heterocycles. The Morgan fingerprint density at radius 3 is 2.24 bits per heavy atom. The molecule has 5 bridgehead atoms. The molecular formula is C46H64N4O12. The molecule has 4 heterocycles. The van der Waals surface area contributed by atoms with Crippen LogP contribution in [0.15, 0.2) is 41.2 Å². The molecule has 16 nitrogen and oxygen atoms in total. The molecule has 0 aliphatic carbocycles. The summed E-state index contributed by atoms with van der Waals surface area (Å²) in [6, 6.07) is 0. The van der Waals surface area contributed by atoms with Gasteiger partial charge in [-0.1, -0.05) is 59.8 Å². The van der Waals surface area contributed by atoms with Crippen molar-refractivity contribution in [3.05, 3.63) is 52.8 Å². The van der Waals surface area contributed by atoms with Crippen LogP contribution in [0, 0.1) is 36.5 Å². The van der Waals surface area contributed by atoms with E-state index >= 15 is 0 Å². The van der Waals surface area contributed by atoms with Crippen LogP contribution >= 0.6 is 0 Å². The summed E-state index contributed by atoms with van der Waals surface area (Å²) in [5.41, 5.74) is -0.335. The number of phenols is 3. The zero-order valence-corrected chi connectivity index (χ0v) is 37.6. The number of nitrogens with zero attached hydrogens (tertiary/aromatic N) is 3. The third-order valence-electron chi connectivity index (χ3n) is 12.4. The Bertz CT molecular complexity index is 2140. The molecule has 0 saturated carbocycles. The highest BCUT2D eigenvalue weighted by atomic mass is 16.7. The van der Waals surface area contributed by atoms with E-state index in [1.807, 2.05) is 0 Å². The van der Waals surface area contributed by atoms with E-state index in [1.165, 1.54) is 59.4 Å². The van der Waals surface area contributed by atoms with Crippen LogP contribution in [0.5, 0.6) is 23.0 Å². The number of amides is 1. The number of ether oxygens (including phenoxy) is 4. The van der Waals surface area contributed by atoms with Crippen molar-refractivity contribution < 1.29 is 58.9 Å². The van der Waals surface area contributed by atoms with Gasteiger partial charge < -0.3 is 49.8 Å². The van der Waals surface area contributed by atoms with E-state index in [9.17, 15) is 39.9 Å². The predicted molar refractivity (Wildman–Crippen MR) is 234 cm³/mol. The molecule has 6 N–H and O–H groups in total. The molecular weight excluding hydrogens is 801 g/mol. The first-order valence-electron chi connectivity index (χ1n) is 21.2. The van der Waals surface area contributed by atoms with E-state index in [1.54, 1.807) is 44.9 Å². The Balaban J connectivity index is 1.68. The van der Waals surface area contributed by atoms with E-state index in [2.05, 4.69) is 29.2 Å². The minimum Gasteiger partial charge on any atom is -0.507 e. The van der Waals surface area contributed by atoms with Crippen LogP contribution in [-0.2, 0) is 23.8 Å². The Morgan fingerprint density at radius 2 is 1.63 bits per heavy atom. The lowest BCUT2D eigenvalue weighted by Crippen LogP contribution is -2.46. The van der Waals surface area contributed by atoms with Crippen LogP contribution in [0.2, 0.25) is 0 Å². The van der Waals surface area contributed by atoms with Crippen molar-refractivity contribution in [1.82, 2.24) is 9.91 Å². The molecule has 1 fully saturated rings. The van der Waals surface area contributed by atoms with Gasteiger partial charge in [0.05, 0.1) is 53.0 Å². The third-order valence-corrected chi connectivity index (χ3v) is 12.4. The number of piperazine rings is 1. The number of phenolic OH excluding ortho intramolecular Hbond substituents is 3. The predicted octanol–water partition coefficient (Wildman–Crippen LogP) is 5.36. The Kier molecular flexibility index (Phi) is 15.0. The number of aliphatic hydroxyl groups is 2. The lowest BCUT2D eigenvalue weighted by molar-refractivity contribution is -0.160. The van der Waals surface area contributed by atoms with Gasteiger partial charge in [0.1, 0.15) is 23.4 Å². The molecule has 2 aromatic carbocycles. The van der Waals surface area contributed by atoms with Crippen molar-refractivity contribution in [3.63, 3.8) is 0 Å². The normalized spacial score (nSPS) is 31.2. The molecule has 0 spiro atoms. The SMILES string of the molecule is CO[C@H]1/C=C/O[C@@]2(C)Oc3c(C)c(O)c4c(O)c(c(/C=N/N5CCN(CC(C)C)CC5)c(O)c4c3C2=O)NC(=O)/C(C)=C/C=C/[C@H](C)[C@H](O)[C@@H](C)[C@@H](O)[C@@H](C)[C@H](OC(C)=O)[C@@H]1C. The number of benzene rings is 2. The van der Waals surface area contributed by atoms with Gasteiger partial charge in [-0.05, 0) is 25.8 Å². The zero-order valence-electron chi connectivity index (χ0n) is 37.6. The summed E-state index contributed by atoms with van der Waals surface area (Å²) >= 11 is 0. The number of aromatic hydroxyl groups is 3. The highest BCUT2D eigenvalue weighted by Crippen LogP contribution is 2.55. The summed E-state index contributed by atoms with van der Waals surface area (Å²) < 4.78 is 23.7. The summed E-state index contributed by atoms with van der Waals surface area (Å²) in [4.78, 5) is 43.0. The standard InChI is InChI=1S/C46H64N4O12/c1-23(2)22-49-16-18-50(19-17-49)47-21-31-36-41(56)34-33(40(31)55)35-43(29(8)39(34)54)62-46(10,44(35)57)60-20-15-32(59-11)26(5)42(61-30(9)51)28(7)38(53)27(6)37(52)24(3)13-12-14-25(4)45(58)48-36/h12-15,20-21,23-24,26-28,32,37-38,42,52-56H,16-19,22H2,1-11H3,(H,48,58)/b13-12+,20-15+,25-14+,47-21+/t24-,26+,27+,28+,32-,37-,38+,42+,46-/m0/s1. The van der Waals surface area contributed by atoms with Crippen molar-refractivity contribution in [2.75, 3.05) is 45.2 Å². The number of ketones is 1. The fraction of sp³-hybridized carbons (Fsp3) is 0.565. The molecule has 0 radical (unpaired) electrons. The van der Waals surface area contributed by atoms with E-state index in [0.717, 1.165) is 19.6 Å². The number of fused-ring (bicyclic) bond motifs is 14. The van der Waals surface area contributed by atoms with Crippen molar-refractivity contribution >= 4 is 40.3 Å². The van der Waals surface area contributed by atoms with E-state index in [4.69, 9.17) is 18.9 Å². The molecule has 62 heavy (non-hydrogen) atoms.